The molecule has 0 spiro atoms. The maximum Gasteiger partial charge on any atom is 0.265 e. The molecule has 0 atom stereocenters. The van der Waals surface area contributed by atoms with Crippen LogP contribution in [0.4, 0.5) is 5.69 Å². The van der Waals surface area contributed by atoms with Crippen molar-refractivity contribution in [1.29, 1.82) is 0 Å². The zero-order chi connectivity index (χ0) is 18.3. The first-order valence-electron chi connectivity index (χ1n) is 8.47. The molecule has 3 heterocycles. The van der Waals surface area contributed by atoms with Gasteiger partial charge in [0.15, 0.2) is 0 Å². The van der Waals surface area contributed by atoms with Crippen LogP contribution in [0.15, 0.2) is 43.0 Å². The van der Waals surface area contributed by atoms with Gasteiger partial charge in [0.25, 0.3) is 5.91 Å². The summed E-state index contributed by atoms with van der Waals surface area (Å²) in [6.45, 7) is 6.76. The Balaban J connectivity index is 1.52. The van der Waals surface area contributed by atoms with Crippen molar-refractivity contribution in [3.63, 3.8) is 0 Å². The molecule has 5 nitrogen and oxygen atoms in total. The van der Waals surface area contributed by atoms with Gasteiger partial charge in [-0.3, -0.25) is 9.59 Å². The third kappa shape index (κ3) is 3.04. The lowest BCUT2D eigenvalue weighted by molar-refractivity contribution is -0.126. The van der Waals surface area contributed by atoms with E-state index < -0.39 is 0 Å². The van der Waals surface area contributed by atoms with Crippen molar-refractivity contribution in [2.45, 2.75) is 19.9 Å². The number of hydrogen-bond donors (Lipinski definition) is 2. The number of aryl methyl sites for hydroxylation is 1. The first-order chi connectivity index (χ1) is 12.5. The normalized spacial score (nSPS) is 13.5. The highest BCUT2D eigenvalue weighted by molar-refractivity contribution is 7.14. The van der Waals surface area contributed by atoms with Crippen molar-refractivity contribution >= 4 is 39.7 Å². The number of benzene rings is 1. The van der Waals surface area contributed by atoms with E-state index in [1.165, 1.54) is 22.3 Å². The molecule has 0 fully saturated rings. The predicted molar refractivity (Wildman–Crippen MR) is 105 cm³/mol. The van der Waals surface area contributed by atoms with Gasteiger partial charge in [-0.25, -0.2) is 0 Å². The van der Waals surface area contributed by atoms with Gasteiger partial charge < -0.3 is 15.2 Å². The summed E-state index contributed by atoms with van der Waals surface area (Å²) >= 11 is 1.51. The molecule has 2 aromatic heterocycles. The Bertz CT molecular complexity index is 1030. The summed E-state index contributed by atoms with van der Waals surface area (Å²) in [7, 11) is 0. The second-order valence-electron chi connectivity index (χ2n) is 6.48. The first kappa shape index (κ1) is 16.6. The van der Waals surface area contributed by atoms with Gasteiger partial charge in [0.2, 0.25) is 5.91 Å². The van der Waals surface area contributed by atoms with Gasteiger partial charge in [0.1, 0.15) is 0 Å². The summed E-state index contributed by atoms with van der Waals surface area (Å²) < 4.78 is 0. The van der Waals surface area contributed by atoms with Crippen LogP contribution in [0.25, 0.3) is 10.9 Å². The fourth-order valence-electron chi connectivity index (χ4n) is 3.31. The molecular weight excluding hydrogens is 346 g/mol. The van der Waals surface area contributed by atoms with E-state index in [2.05, 4.69) is 22.9 Å². The number of carbonyl (C=O) groups excluding carboxylic acids is 2. The fourth-order valence-corrected chi connectivity index (χ4v) is 4.37. The number of H-pyrrole nitrogens is 1. The second-order valence-corrected chi connectivity index (χ2v) is 7.62. The third-order valence-electron chi connectivity index (χ3n) is 4.59. The summed E-state index contributed by atoms with van der Waals surface area (Å²) in [5.74, 6) is -0.180. The molecule has 0 radical (unpaired) electrons. The molecular formula is C20H19N3O2S. The largest absolute Gasteiger partial charge is 0.359 e. The average Bonchev–Trinajstić information content (AvgIpc) is 3.22. The van der Waals surface area contributed by atoms with Crippen molar-refractivity contribution in [3.05, 3.63) is 64.0 Å². The minimum absolute atomic E-state index is 0.0667. The summed E-state index contributed by atoms with van der Waals surface area (Å²) in [5.41, 5.74) is 3.97. The number of anilines is 1. The Kier molecular flexibility index (Phi) is 4.12. The number of fused-ring (bicyclic) bond motifs is 2. The molecule has 2 N–H and O–H groups in total. The average molecular weight is 365 g/mol. The number of carbonyl (C=O) groups is 2. The molecule has 0 saturated heterocycles. The minimum atomic E-state index is -0.113. The van der Waals surface area contributed by atoms with Crippen molar-refractivity contribution in [3.8, 4) is 0 Å². The van der Waals surface area contributed by atoms with Gasteiger partial charge in [-0.1, -0.05) is 6.58 Å². The monoisotopic (exact) mass is 365 g/mol. The smallest absolute Gasteiger partial charge is 0.265 e. The summed E-state index contributed by atoms with van der Waals surface area (Å²) in [5, 5.41) is 4.05. The van der Waals surface area contributed by atoms with E-state index in [9.17, 15) is 9.59 Å². The molecule has 26 heavy (non-hydrogen) atoms. The summed E-state index contributed by atoms with van der Waals surface area (Å²) in [4.78, 5) is 31.3. The lowest BCUT2D eigenvalue weighted by Gasteiger charge is -2.25. The van der Waals surface area contributed by atoms with Gasteiger partial charge in [0.05, 0.1) is 4.88 Å². The number of rotatable bonds is 3. The fraction of sp³-hybridized carbons (Fsp3) is 0.200. The van der Waals surface area contributed by atoms with Crippen LogP contribution in [-0.2, 0) is 17.8 Å². The van der Waals surface area contributed by atoms with Crippen LogP contribution in [0.3, 0.4) is 0 Å². The van der Waals surface area contributed by atoms with Crippen LogP contribution in [-0.4, -0.2) is 28.2 Å². The molecule has 3 aromatic rings. The molecule has 6 heteroatoms. The lowest BCUT2D eigenvalue weighted by atomic mass is 10.1. The van der Waals surface area contributed by atoms with Gasteiger partial charge in [-0.2, -0.15) is 0 Å². The predicted octanol–water partition coefficient (Wildman–Crippen LogP) is 3.86. The van der Waals surface area contributed by atoms with E-state index >= 15 is 0 Å². The summed E-state index contributed by atoms with van der Waals surface area (Å²) in [6.07, 6.45) is 2.12. The van der Waals surface area contributed by atoms with Crippen LogP contribution in [0, 0.1) is 6.92 Å². The Morgan fingerprint density at radius 2 is 2.15 bits per heavy atom. The highest BCUT2D eigenvalue weighted by Crippen LogP contribution is 2.29. The highest BCUT2D eigenvalue weighted by Gasteiger charge is 2.23. The van der Waals surface area contributed by atoms with Crippen molar-refractivity contribution < 1.29 is 9.59 Å². The maximum absolute atomic E-state index is 12.6. The quantitative estimate of drug-likeness (QED) is 0.692. The number of aromatic amines is 1. The second kappa shape index (κ2) is 6.46. The van der Waals surface area contributed by atoms with Crippen molar-refractivity contribution in [2.24, 2.45) is 0 Å². The third-order valence-corrected chi connectivity index (χ3v) is 5.83. The van der Waals surface area contributed by atoms with Crippen molar-refractivity contribution in [2.75, 3.05) is 11.9 Å². The maximum atomic E-state index is 12.6. The Hall–Kier alpha value is -2.86. The Morgan fingerprint density at radius 3 is 2.96 bits per heavy atom. The van der Waals surface area contributed by atoms with Gasteiger partial charge in [-0.15, -0.1) is 11.3 Å². The van der Waals surface area contributed by atoms with Crippen LogP contribution in [0.1, 0.15) is 25.8 Å². The zero-order valence-electron chi connectivity index (χ0n) is 14.5. The lowest BCUT2D eigenvalue weighted by Crippen LogP contribution is -2.33. The summed E-state index contributed by atoms with van der Waals surface area (Å²) in [6, 6.07) is 9.79. The molecule has 132 valence electrons. The first-order valence-corrected chi connectivity index (χ1v) is 9.29. The molecule has 0 saturated carbocycles. The molecule has 4 rings (SSSR count). The van der Waals surface area contributed by atoms with Crippen LogP contribution in [0.2, 0.25) is 0 Å². The highest BCUT2D eigenvalue weighted by atomic mass is 32.1. The molecule has 2 amide bonds. The SMILES string of the molecule is C=CC(=O)N1CCc2sc(C(=O)Nc3ccc4[nH]c(C)cc4c3)cc2C1. The number of nitrogens with one attached hydrogen (secondary N) is 2. The molecule has 0 aliphatic carbocycles. The Labute approximate surface area is 155 Å². The van der Waals surface area contributed by atoms with Crippen molar-refractivity contribution in [1.82, 2.24) is 9.88 Å². The van der Waals surface area contributed by atoms with E-state index in [4.69, 9.17) is 0 Å². The Morgan fingerprint density at radius 1 is 1.31 bits per heavy atom. The number of thiophene rings is 1. The molecule has 1 aliphatic heterocycles. The van der Waals surface area contributed by atoms with Crippen LogP contribution < -0.4 is 5.32 Å². The standard InChI is InChI=1S/C20H19N3O2S/c1-3-19(24)23-7-6-17-14(11-23)10-18(26-17)20(25)22-15-4-5-16-13(9-15)8-12(2)21-16/h3-5,8-10,21H,1,6-7,11H2,2H3,(H,22,25). The number of hydrogen-bond acceptors (Lipinski definition) is 3. The topological polar surface area (TPSA) is 65.2 Å². The molecule has 0 unspecified atom stereocenters. The van der Waals surface area contributed by atoms with Crippen LogP contribution >= 0.6 is 11.3 Å². The van der Waals surface area contributed by atoms with E-state index in [1.807, 2.05) is 31.2 Å². The number of nitrogens with zero attached hydrogens (tertiary/aromatic N) is 1. The number of aromatic nitrogens is 1. The van der Waals surface area contributed by atoms with E-state index in [0.29, 0.717) is 18.0 Å². The zero-order valence-corrected chi connectivity index (χ0v) is 15.3. The molecule has 0 bridgehead atoms. The molecule has 1 aliphatic rings. The van der Waals surface area contributed by atoms with E-state index in [1.54, 1.807) is 4.90 Å². The van der Waals surface area contributed by atoms with Gasteiger partial charge >= 0.3 is 0 Å². The minimum Gasteiger partial charge on any atom is -0.359 e. The number of amides is 2. The molecule has 1 aromatic carbocycles. The van der Waals surface area contributed by atoms with Gasteiger partial charge in [0, 0.05) is 40.3 Å². The van der Waals surface area contributed by atoms with Crippen LogP contribution in [0.5, 0.6) is 0 Å². The van der Waals surface area contributed by atoms with E-state index in [-0.39, 0.29) is 11.8 Å². The van der Waals surface area contributed by atoms with E-state index in [0.717, 1.165) is 34.3 Å². The van der Waals surface area contributed by atoms with Gasteiger partial charge in [-0.05, 0) is 55.3 Å².